The number of carbonyl (C=O) groups is 1. The normalized spacial score (nSPS) is 18.3. The first-order valence-electron chi connectivity index (χ1n) is 7.51. The predicted octanol–water partition coefficient (Wildman–Crippen LogP) is 2.45. The first-order valence-corrected chi connectivity index (χ1v) is 7.51. The Balaban J connectivity index is 2.03. The highest BCUT2D eigenvalue weighted by atomic mass is 16.5. The van der Waals surface area contributed by atoms with E-state index in [1.807, 2.05) is 13.1 Å². The Bertz CT molecular complexity index is 484. The summed E-state index contributed by atoms with van der Waals surface area (Å²) in [6.07, 6.45) is 3.71. The van der Waals surface area contributed by atoms with Gasteiger partial charge in [0.1, 0.15) is 0 Å². The number of ether oxygens (including phenoxy) is 2. The van der Waals surface area contributed by atoms with Crippen molar-refractivity contribution in [3.63, 3.8) is 0 Å². The van der Waals surface area contributed by atoms with Crippen LogP contribution in [0.3, 0.4) is 0 Å². The zero-order chi connectivity index (χ0) is 15.2. The average molecular weight is 292 g/mol. The molecule has 21 heavy (non-hydrogen) atoms. The van der Waals surface area contributed by atoms with Crippen molar-refractivity contribution in [2.45, 2.75) is 32.3 Å². The molecule has 5 heteroatoms. The van der Waals surface area contributed by atoms with E-state index in [0.717, 1.165) is 31.7 Å². The Labute approximate surface area is 126 Å². The van der Waals surface area contributed by atoms with E-state index in [1.165, 1.54) is 6.42 Å². The molecule has 2 rings (SSSR count). The van der Waals surface area contributed by atoms with Gasteiger partial charge in [0.05, 0.1) is 29.6 Å². The molecule has 0 amide bonds. The number of likely N-dealkylation sites (N-methyl/N-ethyl adjacent to an activating group) is 1. The number of benzene rings is 1. The van der Waals surface area contributed by atoms with Crippen molar-refractivity contribution in [3.05, 3.63) is 23.8 Å². The largest absolute Gasteiger partial charge is 0.462 e. The molecule has 1 heterocycles. The fourth-order valence-electron chi connectivity index (χ4n) is 2.60. The van der Waals surface area contributed by atoms with Crippen LogP contribution in [0.1, 0.15) is 36.5 Å². The molecule has 0 bridgehead atoms. The number of hydrogen-bond donors (Lipinski definition) is 1. The molecule has 1 aromatic carbocycles. The van der Waals surface area contributed by atoms with Crippen LogP contribution in [0.2, 0.25) is 0 Å². The monoisotopic (exact) mass is 292 g/mol. The Morgan fingerprint density at radius 1 is 1.48 bits per heavy atom. The van der Waals surface area contributed by atoms with Crippen LogP contribution in [0.4, 0.5) is 11.4 Å². The van der Waals surface area contributed by atoms with Crippen LogP contribution in [0.15, 0.2) is 18.2 Å². The van der Waals surface area contributed by atoms with Gasteiger partial charge in [0.25, 0.3) is 0 Å². The van der Waals surface area contributed by atoms with Crippen molar-refractivity contribution >= 4 is 17.3 Å². The number of carbonyl (C=O) groups excluding carboxylic acids is 1. The van der Waals surface area contributed by atoms with Crippen molar-refractivity contribution in [2.24, 2.45) is 0 Å². The van der Waals surface area contributed by atoms with Crippen molar-refractivity contribution in [3.8, 4) is 0 Å². The van der Waals surface area contributed by atoms with E-state index in [9.17, 15) is 4.79 Å². The van der Waals surface area contributed by atoms with Crippen LogP contribution in [0.5, 0.6) is 0 Å². The molecule has 1 aliphatic rings. The molecule has 1 atom stereocenters. The van der Waals surface area contributed by atoms with Gasteiger partial charge in [0.2, 0.25) is 0 Å². The zero-order valence-corrected chi connectivity index (χ0v) is 12.8. The number of anilines is 2. The quantitative estimate of drug-likeness (QED) is 0.667. The highest BCUT2D eigenvalue weighted by molar-refractivity contribution is 5.92. The average Bonchev–Trinajstić information content (AvgIpc) is 2.48. The molecule has 0 aromatic heterocycles. The minimum atomic E-state index is -0.339. The first kappa shape index (κ1) is 15.6. The van der Waals surface area contributed by atoms with Crippen LogP contribution in [0, 0.1) is 0 Å². The molecule has 2 N–H and O–H groups in total. The summed E-state index contributed by atoms with van der Waals surface area (Å²) in [5, 5.41) is 0. The third-order valence-corrected chi connectivity index (χ3v) is 3.70. The lowest BCUT2D eigenvalue weighted by atomic mass is 10.1. The van der Waals surface area contributed by atoms with E-state index in [-0.39, 0.29) is 12.1 Å². The minimum absolute atomic E-state index is 0.257. The molecule has 0 radical (unpaired) electrons. The van der Waals surface area contributed by atoms with Crippen LogP contribution >= 0.6 is 0 Å². The first-order chi connectivity index (χ1) is 10.1. The number of hydrogen-bond acceptors (Lipinski definition) is 5. The summed E-state index contributed by atoms with van der Waals surface area (Å²) < 4.78 is 10.7. The van der Waals surface area contributed by atoms with Gasteiger partial charge >= 0.3 is 5.97 Å². The smallest absolute Gasteiger partial charge is 0.338 e. The molecule has 1 saturated heterocycles. The molecule has 5 nitrogen and oxygen atoms in total. The predicted molar refractivity (Wildman–Crippen MR) is 83.7 cm³/mol. The maximum atomic E-state index is 11.7. The summed E-state index contributed by atoms with van der Waals surface area (Å²) in [5.41, 5.74) is 8.05. The Kier molecular flexibility index (Phi) is 5.44. The fourth-order valence-corrected chi connectivity index (χ4v) is 2.60. The lowest BCUT2D eigenvalue weighted by Gasteiger charge is -2.29. The minimum Gasteiger partial charge on any atom is -0.462 e. The molecule has 1 unspecified atom stereocenters. The van der Waals surface area contributed by atoms with Gasteiger partial charge in [-0.1, -0.05) is 0 Å². The van der Waals surface area contributed by atoms with E-state index in [2.05, 4.69) is 4.90 Å². The molecular weight excluding hydrogens is 268 g/mol. The number of nitrogens with two attached hydrogens (primary N) is 1. The van der Waals surface area contributed by atoms with Crippen LogP contribution in [-0.4, -0.2) is 38.9 Å². The van der Waals surface area contributed by atoms with Gasteiger partial charge in [-0.25, -0.2) is 4.79 Å². The van der Waals surface area contributed by atoms with E-state index < -0.39 is 0 Å². The van der Waals surface area contributed by atoms with Crippen molar-refractivity contribution < 1.29 is 14.3 Å². The maximum Gasteiger partial charge on any atom is 0.338 e. The van der Waals surface area contributed by atoms with Crippen molar-refractivity contribution in [2.75, 3.05) is 37.4 Å². The highest BCUT2D eigenvalue weighted by Gasteiger charge is 2.18. The van der Waals surface area contributed by atoms with E-state index in [1.54, 1.807) is 19.1 Å². The number of rotatable bonds is 5. The van der Waals surface area contributed by atoms with Gasteiger partial charge in [-0.05, 0) is 44.4 Å². The Morgan fingerprint density at radius 2 is 2.29 bits per heavy atom. The topological polar surface area (TPSA) is 64.8 Å². The number of esters is 1. The number of nitrogens with zero attached hydrogens (tertiary/aromatic N) is 1. The standard InChI is InChI=1S/C16H24N2O3/c1-3-20-16(19)12-7-8-15(14(17)10-12)18(2)11-13-6-4-5-9-21-13/h7-8,10,13H,3-6,9,11,17H2,1-2H3. The SMILES string of the molecule is CCOC(=O)c1ccc(N(C)CC2CCCCO2)c(N)c1. The molecular formula is C16H24N2O3. The molecule has 1 fully saturated rings. The molecule has 0 spiro atoms. The molecule has 0 aliphatic carbocycles. The summed E-state index contributed by atoms with van der Waals surface area (Å²) in [5.74, 6) is -0.339. The maximum absolute atomic E-state index is 11.7. The van der Waals surface area contributed by atoms with E-state index in [4.69, 9.17) is 15.2 Å². The lowest BCUT2D eigenvalue weighted by Crippen LogP contribution is -2.33. The summed E-state index contributed by atoms with van der Waals surface area (Å²) in [6, 6.07) is 5.29. The second-order valence-corrected chi connectivity index (χ2v) is 5.36. The molecule has 116 valence electrons. The lowest BCUT2D eigenvalue weighted by molar-refractivity contribution is 0.0216. The second kappa shape index (κ2) is 7.31. The Hall–Kier alpha value is -1.75. The zero-order valence-electron chi connectivity index (χ0n) is 12.8. The van der Waals surface area contributed by atoms with Crippen LogP contribution in [0.25, 0.3) is 0 Å². The highest BCUT2D eigenvalue weighted by Crippen LogP contribution is 2.25. The van der Waals surface area contributed by atoms with E-state index in [0.29, 0.717) is 17.9 Å². The molecule has 1 aliphatic heterocycles. The third-order valence-electron chi connectivity index (χ3n) is 3.70. The number of nitrogen functional groups attached to an aromatic ring is 1. The van der Waals surface area contributed by atoms with Crippen LogP contribution < -0.4 is 10.6 Å². The van der Waals surface area contributed by atoms with Gasteiger partial charge in [-0.2, -0.15) is 0 Å². The van der Waals surface area contributed by atoms with E-state index >= 15 is 0 Å². The second-order valence-electron chi connectivity index (χ2n) is 5.36. The summed E-state index contributed by atoms with van der Waals surface area (Å²) in [6.45, 7) is 3.80. The van der Waals surface area contributed by atoms with Gasteiger partial charge in [-0.3, -0.25) is 0 Å². The third kappa shape index (κ3) is 4.11. The van der Waals surface area contributed by atoms with Gasteiger partial charge in [0.15, 0.2) is 0 Å². The van der Waals surface area contributed by atoms with Crippen molar-refractivity contribution in [1.82, 2.24) is 0 Å². The molecule has 0 saturated carbocycles. The Morgan fingerprint density at radius 3 is 2.90 bits per heavy atom. The van der Waals surface area contributed by atoms with Gasteiger partial charge in [0, 0.05) is 20.2 Å². The fraction of sp³-hybridized carbons (Fsp3) is 0.562. The summed E-state index contributed by atoms with van der Waals surface area (Å²) in [4.78, 5) is 13.8. The van der Waals surface area contributed by atoms with Crippen LogP contribution in [-0.2, 0) is 9.47 Å². The summed E-state index contributed by atoms with van der Waals surface area (Å²) >= 11 is 0. The van der Waals surface area contributed by atoms with Crippen molar-refractivity contribution in [1.29, 1.82) is 0 Å². The summed E-state index contributed by atoms with van der Waals surface area (Å²) in [7, 11) is 1.99. The van der Waals surface area contributed by atoms with Gasteiger partial charge in [-0.15, -0.1) is 0 Å². The van der Waals surface area contributed by atoms with Gasteiger partial charge < -0.3 is 20.1 Å². The molecule has 1 aromatic rings.